The van der Waals surface area contributed by atoms with Crippen LogP contribution in [0.2, 0.25) is 0 Å². The molecule has 0 spiro atoms. The Bertz CT molecular complexity index is 293. The number of esters is 1. The summed E-state index contributed by atoms with van der Waals surface area (Å²) < 4.78 is 10.5. The third-order valence-corrected chi connectivity index (χ3v) is 3.74. The molecule has 2 rings (SSSR count). The van der Waals surface area contributed by atoms with Crippen molar-refractivity contribution in [3.63, 3.8) is 0 Å². The van der Waals surface area contributed by atoms with Crippen molar-refractivity contribution >= 4 is 11.8 Å². The molecular formula is C12H18O4. The first-order chi connectivity index (χ1) is 7.65. The summed E-state index contributed by atoms with van der Waals surface area (Å²) in [5.74, 6) is -0.397. The van der Waals surface area contributed by atoms with Crippen LogP contribution in [-0.4, -0.2) is 31.1 Å². The van der Waals surface area contributed by atoms with Gasteiger partial charge in [-0.15, -0.1) is 0 Å². The average Bonchev–Trinajstić information content (AvgIpc) is 2.85. The smallest absolute Gasteiger partial charge is 0.319 e. The number of ketones is 1. The molecule has 0 aromatic rings. The minimum absolute atomic E-state index is 0.0620. The Morgan fingerprint density at radius 3 is 2.81 bits per heavy atom. The first-order valence-electron chi connectivity index (χ1n) is 5.95. The number of ether oxygens (including phenoxy) is 2. The van der Waals surface area contributed by atoms with Crippen molar-refractivity contribution in [3.05, 3.63) is 0 Å². The van der Waals surface area contributed by atoms with Gasteiger partial charge < -0.3 is 9.47 Å². The van der Waals surface area contributed by atoms with Gasteiger partial charge in [-0.25, -0.2) is 0 Å². The molecule has 2 aliphatic rings. The van der Waals surface area contributed by atoms with Crippen LogP contribution in [0.1, 0.15) is 39.0 Å². The zero-order valence-corrected chi connectivity index (χ0v) is 9.66. The lowest BCUT2D eigenvalue weighted by atomic mass is 9.77. The van der Waals surface area contributed by atoms with Gasteiger partial charge in [-0.3, -0.25) is 9.59 Å². The van der Waals surface area contributed by atoms with Gasteiger partial charge in [-0.05, 0) is 32.6 Å². The summed E-state index contributed by atoms with van der Waals surface area (Å²) in [7, 11) is 0. The Kier molecular flexibility index (Phi) is 3.28. The van der Waals surface area contributed by atoms with Gasteiger partial charge in [0.25, 0.3) is 0 Å². The van der Waals surface area contributed by atoms with Gasteiger partial charge in [-0.1, -0.05) is 0 Å². The van der Waals surface area contributed by atoms with Crippen molar-refractivity contribution in [2.75, 3.05) is 13.2 Å². The molecule has 0 aliphatic carbocycles. The van der Waals surface area contributed by atoms with E-state index in [4.69, 9.17) is 9.47 Å². The normalized spacial score (nSPS) is 34.1. The highest BCUT2D eigenvalue weighted by molar-refractivity contribution is 6.03. The van der Waals surface area contributed by atoms with Gasteiger partial charge in [0.05, 0.1) is 12.7 Å². The third kappa shape index (κ3) is 1.98. The molecule has 0 aromatic heterocycles. The molecule has 0 radical (unpaired) electrons. The first-order valence-corrected chi connectivity index (χ1v) is 5.95. The molecule has 2 aliphatic heterocycles. The Hall–Kier alpha value is -0.900. The van der Waals surface area contributed by atoms with Gasteiger partial charge in [0.2, 0.25) is 0 Å². The third-order valence-electron chi connectivity index (χ3n) is 3.74. The van der Waals surface area contributed by atoms with Gasteiger partial charge in [0, 0.05) is 13.0 Å². The van der Waals surface area contributed by atoms with Crippen LogP contribution in [0, 0.1) is 5.41 Å². The molecule has 4 heteroatoms. The molecule has 2 unspecified atom stereocenters. The van der Waals surface area contributed by atoms with Crippen molar-refractivity contribution in [1.29, 1.82) is 0 Å². The number of Topliss-reactive ketones (excluding diaryl/α,β-unsaturated/α-hetero) is 1. The Labute approximate surface area is 95.3 Å². The molecule has 16 heavy (non-hydrogen) atoms. The van der Waals surface area contributed by atoms with Gasteiger partial charge >= 0.3 is 5.97 Å². The van der Waals surface area contributed by atoms with E-state index in [0.717, 1.165) is 25.9 Å². The van der Waals surface area contributed by atoms with E-state index >= 15 is 0 Å². The van der Waals surface area contributed by atoms with Crippen molar-refractivity contribution in [2.24, 2.45) is 5.41 Å². The lowest BCUT2D eigenvalue weighted by Crippen LogP contribution is -2.35. The molecule has 90 valence electrons. The van der Waals surface area contributed by atoms with E-state index < -0.39 is 5.41 Å². The zero-order chi connectivity index (χ0) is 11.6. The van der Waals surface area contributed by atoms with E-state index in [1.54, 1.807) is 0 Å². The quantitative estimate of drug-likeness (QED) is 0.538. The summed E-state index contributed by atoms with van der Waals surface area (Å²) in [4.78, 5) is 23.3. The fourth-order valence-electron chi connectivity index (χ4n) is 2.56. The molecule has 0 N–H and O–H groups in total. The number of cyclic esters (lactones) is 1. The molecule has 0 saturated carbocycles. The number of hydrogen-bond acceptors (Lipinski definition) is 4. The van der Waals surface area contributed by atoms with Crippen molar-refractivity contribution in [3.8, 4) is 0 Å². The van der Waals surface area contributed by atoms with Crippen molar-refractivity contribution in [1.82, 2.24) is 0 Å². The summed E-state index contributed by atoms with van der Waals surface area (Å²) in [6.07, 6.45) is 4.25. The molecule has 2 atom stereocenters. The fourth-order valence-corrected chi connectivity index (χ4v) is 2.56. The topological polar surface area (TPSA) is 52.6 Å². The van der Waals surface area contributed by atoms with Crippen LogP contribution >= 0.6 is 0 Å². The largest absolute Gasteiger partial charge is 0.465 e. The molecule has 0 aromatic carbocycles. The second-order valence-electron chi connectivity index (χ2n) is 4.70. The Balaban J connectivity index is 1.97. The maximum Gasteiger partial charge on any atom is 0.319 e. The minimum atomic E-state index is -0.869. The van der Waals surface area contributed by atoms with E-state index in [2.05, 4.69) is 0 Å². The molecule has 0 amide bonds. The summed E-state index contributed by atoms with van der Waals surface area (Å²) in [6.45, 7) is 2.67. The van der Waals surface area contributed by atoms with Gasteiger partial charge in [0.15, 0.2) is 0 Å². The second-order valence-corrected chi connectivity index (χ2v) is 4.70. The number of rotatable bonds is 4. The number of hydrogen-bond donors (Lipinski definition) is 0. The second kappa shape index (κ2) is 4.53. The van der Waals surface area contributed by atoms with Crippen LogP contribution in [0.15, 0.2) is 0 Å². The van der Waals surface area contributed by atoms with E-state index in [-0.39, 0.29) is 17.9 Å². The molecular weight excluding hydrogens is 208 g/mol. The van der Waals surface area contributed by atoms with Crippen LogP contribution in [0.3, 0.4) is 0 Å². The lowest BCUT2D eigenvalue weighted by Gasteiger charge is -2.22. The maximum absolute atomic E-state index is 11.7. The monoisotopic (exact) mass is 226 g/mol. The molecule has 2 fully saturated rings. The average molecular weight is 226 g/mol. The zero-order valence-electron chi connectivity index (χ0n) is 9.66. The summed E-state index contributed by atoms with van der Waals surface area (Å²) in [5, 5.41) is 0. The minimum Gasteiger partial charge on any atom is -0.465 e. The highest BCUT2D eigenvalue weighted by Gasteiger charge is 2.48. The van der Waals surface area contributed by atoms with Crippen molar-refractivity contribution in [2.45, 2.75) is 45.1 Å². The van der Waals surface area contributed by atoms with Crippen LogP contribution in [-0.2, 0) is 19.1 Å². The van der Waals surface area contributed by atoms with E-state index in [9.17, 15) is 9.59 Å². The van der Waals surface area contributed by atoms with Crippen LogP contribution in [0.4, 0.5) is 0 Å². The highest BCUT2D eigenvalue weighted by atomic mass is 16.5. The van der Waals surface area contributed by atoms with Gasteiger partial charge in [-0.2, -0.15) is 0 Å². The lowest BCUT2D eigenvalue weighted by molar-refractivity contribution is -0.151. The van der Waals surface area contributed by atoms with Crippen LogP contribution < -0.4 is 0 Å². The highest BCUT2D eigenvalue weighted by Crippen LogP contribution is 2.37. The number of carbonyl (C=O) groups is 2. The number of carbonyl (C=O) groups excluding carboxylic acids is 2. The van der Waals surface area contributed by atoms with Crippen molar-refractivity contribution < 1.29 is 19.1 Å². The molecule has 2 heterocycles. The molecule has 4 nitrogen and oxygen atoms in total. The van der Waals surface area contributed by atoms with E-state index in [1.165, 1.54) is 6.92 Å². The fraction of sp³-hybridized carbons (Fsp3) is 0.833. The Morgan fingerprint density at radius 2 is 2.31 bits per heavy atom. The van der Waals surface area contributed by atoms with E-state index in [0.29, 0.717) is 19.4 Å². The summed E-state index contributed by atoms with van der Waals surface area (Å²) in [5.41, 5.74) is -0.869. The van der Waals surface area contributed by atoms with Crippen LogP contribution in [0.5, 0.6) is 0 Å². The molecule has 2 saturated heterocycles. The summed E-state index contributed by atoms with van der Waals surface area (Å²) in [6, 6.07) is 0. The maximum atomic E-state index is 11.7. The SMILES string of the molecule is CC(=O)C1(CCC2CCCO2)CCOC1=O. The standard InChI is InChI=1S/C12H18O4/c1-9(13)12(6-8-16-11(12)14)5-4-10-3-2-7-15-10/h10H,2-8H2,1H3. The van der Waals surface area contributed by atoms with Crippen LogP contribution in [0.25, 0.3) is 0 Å². The predicted molar refractivity (Wildman–Crippen MR) is 56.9 cm³/mol. The summed E-state index contributed by atoms with van der Waals surface area (Å²) >= 11 is 0. The molecule has 0 bridgehead atoms. The Morgan fingerprint density at radius 1 is 1.50 bits per heavy atom. The van der Waals surface area contributed by atoms with Gasteiger partial charge in [0.1, 0.15) is 11.2 Å². The van der Waals surface area contributed by atoms with E-state index in [1.807, 2.05) is 0 Å². The predicted octanol–water partition coefficient (Wildman–Crippen LogP) is 1.47. The first kappa shape index (κ1) is 11.6.